The summed E-state index contributed by atoms with van der Waals surface area (Å²) in [5, 5.41) is 16.5. The lowest BCUT2D eigenvalue weighted by atomic mass is 10.0. The van der Waals surface area contributed by atoms with E-state index in [4.69, 9.17) is 0 Å². The van der Waals surface area contributed by atoms with Gasteiger partial charge in [-0.1, -0.05) is 52.3 Å². The van der Waals surface area contributed by atoms with Gasteiger partial charge in [-0.3, -0.25) is 0 Å². The molecule has 0 spiro atoms. The Bertz CT molecular complexity index is 992. The van der Waals surface area contributed by atoms with Crippen molar-refractivity contribution in [2.75, 3.05) is 24.6 Å². The van der Waals surface area contributed by atoms with Crippen molar-refractivity contribution in [2.45, 2.75) is 19.3 Å². The van der Waals surface area contributed by atoms with Crippen LogP contribution in [0.3, 0.4) is 0 Å². The predicted molar refractivity (Wildman–Crippen MR) is 115 cm³/mol. The summed E-state index contributed by atoms with van der Waals surface area (Å²) in [7, 11) is 0. The van der Waals surface area contributed by atoms with Crippen LogP contribution in [0.4, 0.5) is 5.69 Å². The molecule has 4 rings (SSSR count). The van der Waals surface area contributed by atoms with Crippen molar-refractivity contribution in [1.82, 2.24) is 5.01 Å². The molecule has 27 heavy (non-hydrogen) atoms. The average molecular weight is 420 g/mol. The van der Waals surface area contributed by atoms with Gasteiger partial charge in [0.05, 0.1) is 17.3 Å². The molecule has 136 valence electrons. The number of fused-ring (bicyclic) bond motifs is 1. The van der Waals surface area contributed by atoms with Gasteiger partial charge in [0.1, 0.15) is 0 Å². The number of halogens is 1. The number of nitriles is 1. The molecule has 0 amide bonds. The van der Waals surface area contributed by atoms with Gasteiger partial charge < -0.3 is 5.01 Å². The maximum Gasteiger partial charge on any atom is 0.0998 e. The van der Waals surface area contributed by atoms with Gasteiger partial charge in [-0.25, -0.2) is 5.01 Å². The first-order chi connectivity index (χ1) is 13.3. The monoisotopic (exact) mass is 419 g/mol. The average Bonchev–Trinajstić information content (AvgIpc) is 2.72. The normalized spacial score (nSPS) is 15.0. The molecule has 0 aliphatic carbocycles. The lowest BCUT2D eigenvalue weighted by Gasteiger charge is -2.41. The summed E-state index contributed by atoms with van der Waals surface area (Å²) in [4.78, 5) is 0. The Morgan fingerprint density at radius 3 is 2.56 bits per heavy atom. The first kappa shape index (κ1) is 18.0. The van der Waals surface area contributed by atoms with Crippen LogP contribution in [0.5, 0.6) is 0 Å². The first-order valence-corrected chi connectivity index (χ1v) is 10.2. The van der Waals surface area contributed by atoms with E-state index >= 15 is 0 Å². The number of nitrogens with zero attached hydrogens (tertiary/aromatic N) is 3. The molecular formula is C23H22BrN3. The molecule has 0 unspecified atom stereocenters. The molecule has 1 saturated heterocycles. The Kier molecular flexibility index (Phi) is 5.42. The predicted octanol–water partition coefficient (Wildman–Crippen LogP) is 5.53. The van der Waals surface area contributed by atoms with Crippen LogP contribution in [-0.2, 0) is 6.42 Å². The number of rotatable bonds is 4. The molecule has 3 aromatic carbocycles. The van der Waals surface area contributed by atoms with Gasteiger partial charge in [-0.05, 0) is 49.1 Å². The Morgan fingerprint density at radius 2 is 1.74 bits per heavy atom. The van der Waals surface area contributed by atoms with E-state index in [1.54, 1.807) is 0 Å². The number of hydrogen-bond donors (Lipinski definition) is 0. The van der Waals surface area contributed by atoms with Gasteiger partial charge in [-0.15, -0.1) is 0 Å². The van der Waals surface area contributed by atoms with Crippen molar-refractivity contribution in [3.05, 3.63) is 76.3 Å². The lowest BCUT2D eigenvalue weighted by Crippen LogP contribution is -2.48. The van der Waals surface area contributed by atoms with Crippen LogP contribution in [-0.4, -0.2) is 24.6 Å². The van der Waals surface area contributed by atoms with Crippen LogP contribution < -0.4 is 5.01 Å². The van der Waals surface area contributed by atoms with Crippen LogP contribution in [0.15, 0.2) is 65.1 Å². The van der Waals surface area contributed by atoms with Gasteiger partial charge in [0.2, 0.25) is 0 Å². The fourth-order valence-electron chi connectivity index (χ4n) is 3.88. The Hall–Kier alpha value is -2.35. The molecular weight excluding hydrogens is 398 g/mol. The molecule has 0 atom stereocenters. The second kappa shape index (κ2) is 8.12. The van der Waals surface area contributed by atoms with E-state index in [2.05, 4.69) is 74.5 Å². The highest BCUT2D eigenvalue weighted by Gasteiger charge is 2.22. The second-order valence-corrected chi connectivity index (χ2v) is 7.87. The van der Waals surface area contributed by atoms with E-state index in [-0.39, 0.29) is 0 Å². The highest BCUT2D eigenvalue weighted by Crippen LogP contribution is 2.32. The number of benzene rings is 3. The molecule has 0 aromatic heterocycles. The minimum absolute atomic E-state index is 0.743. The molecule has 4 heteroatoms. The first-order valence-electron chi connectivity index (χ1n) is 9.45. The minimum atomic E-state index is 0.743. The fraction of sp³-hybridized carbons (Fsp3) is 0.261. The summed E-state index contributed by atoms with van der Waals surface area (Å²) in [6.07, 6.45) is 3.44. The lowest BCUT2D eigenvalue weighted by molar-refractivity contribution is 0.215. The number of hydrazine groups is 1. The summed E-state index contributed by atoms with van der Waals surface area (Å²) in [5.41, 5.74) is 3.30. The van der Waals surface area contributed by atoms with Gasteiger partial charge in [0.25, 0.3) is 0 Å². The van der Waals surface area contributed by atoms with Gasteiger partial charge >= 0.3 is 0 Å². The largest absolute Gasteiger partial charge is 0.305 e. The summed E-state index contributed by atoms with van der Waals surface area (Å²) in [5.74, 6) is 0. The molecule has 1 aliphatic heterocycles. The van der Waals surface area contributed by atoms with Crippen molar-refractivity contribution in [1.29, 1.82) is 5.26 Å². The van der Waals surface area contributed by atoms with E-state index in [1.807, 2.05) is 18.2 Å². The maximum absolute atomic E-state index is 9.44. The quantitative estimate of drug-likeness (QED) is 0.556. The van der Waals surface area contributed by atoms with Crippen molar-refractivity contribution < 1.29 is 0 Å². The standard InChI is InChI=1S/C23H22BrN3/c24-20-7-5-6-18(16-20)12-15-26-13-3-4-14-27(26)23-11-10-19(17-25)21-8-1-2-9-22(21)23/h1-2,5-11,16H,3-4,12-15H2. The molecule has 0 radical (unpaired) electrons. The Balaban J connectivity index is 1.63. The third kappa shape index (κ3) is 3.85. The zero-order valence-electron chi connectivity index (χ0n) is 15.2. The minimum Gasteiger partial charge on any atom is -0.305 e. The Morgan fingerprint density at radius 1 is 0.926 bits per heavy atom. The highest BCUT2D eigenvalue weighted by atomic mass is 79.9. The van der Waals surface area contributed by atoms with Crippen LogP contribution in [0.2, 0.25) is 0 Å². The van der Waals surface area contributed by atoms with E-state index in [0.29, 0.717) is 0 Å². The van der Waals surface area contributed by atoms with Crippen LogP contribution in [0.1, 0.15) is 24.0 Å². The van der Waals surface area contributed by atoms with Crippen molar-refractivity contribution in [3.63, 3.8) is 0 Å². The topological polar surface area (TPSA) is 30.3 Å². The molecule has 1 heterocycles. The van der Waals surface area contributed by atoms with E-state index in [9.17, 15) is 5.26 Å². The highest BCUT2D eigenvalue weighted by molar-refractivity contribution is 9.10. The van der Waals surface area contributed by atoms with Gasteiger partial charge in [-0.2, -0.15) is 5.26 Å². The van der Waals surface area contributed by atoms with Crippen molar-refractivity contribution in [3.8, 4) is 6.07 Å². The Labute approximate surface area is 168 Å². The summed E-state index contributed by atoms with van der Waals surface area (Å²) < 4.78 is 1.13. The molecule has 3 aromatic rings. The summed E-state index contributed by atoms with van der Waals surface area (Å²) in [6, 6.07) is 23.2. The molecule has 0 bridgehead atoms. The van der Waals surface area contributed by atoms with E-state index in [1.165, 1.54) is 24.1 Å². The van der Waals surface area contributed by atoms with Crippen molar-refractivity contribution in [2.24, 2.45) is 0 Å². The zero-order valence-corrected chi connectivity index (χ0v) is 16.8. The molecule has 1 aliphatic rings. The van der Waals surface area contributed by atoms with Crippen LogP contribution in [0, 0.1) is 11.3 Å². The van der Waals surface area contributed by atoms with E-state index < -0.39 is 0 Å². The molecule has 0 N–H and O–H groups in total. The fourth-order valence-corrected chi connectivity index (χ4v) is 4.33. The number of anilines is 1. The SMILES string of the molecule is N#Cc1ccc(N2CCCCN2CCc2cccc(Br)c2)c2ccccc12. The molecule has 1 fully saturated rings. The van der Waals surface area contributed by atoms with Gasteiger partial charge in [0, 0.05) is 34.9 Å². The molecule has 0 saturated carbocycles. The second-order valence-electron chi connectivity index (χ2n) is 6.95. The smallest absolute Gasteiger partial charge is 0.0998 e. The van der Waals surface area contributed by atoms with Gasteiger partial charge in [0.15, 0.2) is 0 Å². The summed E-state index contributed by atoms with van der Waals surface area (Å²) >= 11 is 3.57. The zero-order chi connectivity index (χ0) is 18.6. The third-order valence-electron chi connectivity index (χ3n) is 5.22. The van der Waals surface area contributed by atoms with Crippen LogP contribution in [0.25, 0.3) is 10.8 Å². The maximum atomic E-state index is 9.44. The third-order valence-corrected chi connectivity index (χ3v) is 5.72. The summed E-state index contributed by atoms with van der Waals surface area (Å²) in [6.45, 7) is 3.08. The van der Waals surface area contributed by atoms with Crippen LogP contribution >= 0.6 is 15.9 Å². The number of hydrogen-bond acceptors (Lipinski definition) is 3. The van der Waals surface area contributed by atoms with E-state index in [0.717, 1.165) is 46.9 Å². The molecule has 3 nitrogen and oxygen atoms in total. The van der Waals surface area contributed by atoms with Crippen molar-refractivity contribution >= 4 is 32.4 Å².